The van der Waals surface area contributed by atoms with Crippen LogP contribution in [0.5, 0.6) is 11.5 Å². The highest BCUT2D eigenvalue weighted by molar-refractivity contribution is 7.81. The zero-order valence-corrected chi connectivity index (χ0v) is 12.8. The summed E-state index contributed by atoms with van der Waals surface area (Å²) in [5, 5.41) is 3.29. The average molecular weight is 292 g/mol. The van der Waals surface area contributed by atoms with Crippen LogP contribution >= 0.6 is 25.0 Å². The molecule has 18 heavy (non-hydrogen) atoms. The predicted molar refractivity (Wildman–Crippen MR) is 81.7 cm³/mol. The first-order valence-electron chi connectivity index (χ1n) is 5.71. The summed E-state index contributed by atoms with van der Waals surface area (Å²) in [6.07, 6.45) is 0. The molecule has 0 aliphatic rings. The Balaban J connectivity index is 0.00000289. The SMILES string of the molecule is COc1ccc(OCCNCC(C)(C)S)cc1.Cl. The van der Waals surface area contributed by atoms with Gasteiger partial charge in [0.05, 0.1) is 7.11 Å². The molecule has 0 saturated heterocycles. The standard InChI is InChI=1S/C13H21NO2S.ClH/c1-13(2,17)10-14-8-9-16-12-6-4-11(15-3)5-7-12;/h4-7,14,17H,8-10H2,1-3H3;1H. The summed E-state index contributed by atoms with van der Waals surface area (Å²) in [7, 11) is 1.65. The molecule has 1 aromatic carbocycles. The van der Waals surface area contributed by atoms with Gasteiger partial charge in [-0.1, -0.05) is 0 Å². The summed E-state index contributed by atoms with van der Waals surface area (Å²) in [5.41, 5.74) is 0. The van der Waals surface area contributed by atoms with Crippen LogP contribution in [0.2, 0.25) is 0 Å². The molecule has 104 valence electrons. The summed E-state index contributed by atoms with van der Waals surface area (Å²) in [6, 6.07) is 7.59. The van der Waals surface area contributed by atoms with Crippen LogP contribution in [0, 0.1) is 0 Å². The van der Waals surface area contributed by atoms with Gasteiger partial charge in [-0.3, -0.25) is 0 Å². The van der Waals surface area contributed by atoms with E-state index in [-0.39, 0.29) is 17.2 Å². The van der Waals surface area contributed by atoms with E-state index >= 15 is 0 Å². The lowest BCUT2D eigenvalue weighted by Crippen LogP contribution is -2.32. The molecule has 5 heteroatoms. The van der Waals surface area contributed by atoms with Gasteiger partial charge in [-0.25, -0.2) is 0 Å². The second kappa shape index (κ2) is 8.51. The molecular weight excluding hydrogens is 270 g/mol. The van der Waals surface area contributed by atoms with Crippen molar-refractivity contribution in [3.8, 4) is 11.5 Å². The van der Waals surface area contributed by atoms with E-state index in [1.807, 2.05) is 24.3 Å². The summed E-state index contributed by atoms with van der Waals surface area (Å²) in [4.78, 5) is 0. The van der Waals surface area contributed by atoms with Gasteiger partial charge in [0.15, 0.2) is 0 Å². The quantitative estimate of drug-likeness (QED) is 0.598. The molecule has 3 nitrogen and oxygen atoms in total. The van der Waals surface area contributed by atoms with Crippen molar-refractivity contribution in [2.45, 2.75) is 18.6 Å². The minimum atomic E-state index is 0. The van der Waals surface area contributed by atoms with E-state index < -0.39 is 0 Å². The van der Waals surface area contributed by atoms with Gasteiger partial charge in [0.2, 0.25) is 0 Å². The Morgan fingerprint density at radius 1 is 1.17 bits per heavy atom. The minimum absolute atomic E-state index is 0. The van der Waals surface area contributed by atoms with E-state index in [9.17, 15) is 0 Å². The van der Waals surface area contributed by atoms with E-state index in [0.29, 0.717) is 6.61 Å². The lowest BCUT2D eigenvalue weighted by atomic mass is 10.2. The molecule has 1 rings (SSSR count). The molecule has 1 aromatic rings. The third-order valence-electron chi connectivity index (χ3n) is 2.16. The van der Waals surface area contributed by atoms with Crippen LogP contribution in [0.3, 0.4) is 0 Å². The van der Waals surface area contributed by atoms with Gasteiger partial charge < -0.3 is 14.8 Å². The maximum atomic E-state index is 5.58. The molecule has 0 fully saturated rings. The molecule has 0 amide bonds. The number of hydrogen-bond acceptors (Lipinski definition) is 4. The van der Waals surface area contributed by atoms with Crippen molar-refractivity contribution >= 4 is 25.0 Å². The predicted octanol–water partition coefficient (Wildman–Crippen LogP) is 2.79. The highest BCUT2D eigenvalue weighted by atomic mass is 35.5. The number of nitrogens with one attached hydrogen (secondary N) is 1. The molecule has 0 saturated carbocycles. The number of hydrogen-bond donors (Lipinski definition) is 2. The Morgan fingerprint density at radius 3 is 2.22 bits per heavy atom. The maximum Gasteiger partial charge on any atom is 0.119 e. The Morgan fingerprint density at radius 2 is 1.72 bits per heavy atom. The Kier molecular flexibility index (Phi) is 8.24. The number of methoxy groups -OCH3 is 1. The second-order valence-corrected chi connectivity index (χ2v) is 5.72. The van der Waals surface area contributed by atoms with E-state index in [4.69, 9.17) is 9.47 Å². The molecular formula is C13H22ClNO2S. The number of thiol groups is 1. The van der Waals surface area contributed by atoms with Gasteiger partial charge in [-0.05, 0) is 38.1 Å². The zero-order chi connectivity index (χ0) is 12.7. The molecule has 0 radical (unpaired) electrons. The largest absolute Gasteiger partial charge is 0.497 e. The number of halogens is 1. The topological polar surface area (TPSA) is 30.5 Å². The van der Waals surface area contributed by atoms with Crippen LogP contribution < -0.4 is 14.8 Å². The Hall–Kier alpha value is -0.580. The molecule has 0 unspecified atom stereocenters. The van der Waals surface area contributed by atoms with Crippen molar-refractivity contribution in [3.05, 3.63) is 24.3 Å². The van der Waals surface area contributed by atoms with Crippen LogP contribution in [-0.2, 0) is 0 Å². The fourth-order valence-corrected chi connectivity index (χ4v) is 1.42. The number of rotatable bonds is 7. The van der Waals surface area contributed by atoms with Crippen LogP contribution in [-0.4, -0.2) is 31.6 Å². The van der Waals surface area contributed by atoms with Crippen molar-refractivity contribution in [1.29, 1.82) is 0 Å². The van der Waals surface area contributed by atoms with Crippen LogP contribution in [0.15, 0.2) is 24.3 Å². The Bertz CT molecular complexity index is 325. The first-order valence-corrected chi connectivity index (χ1v) is 6.16. The maximum absolute atomic E-state index is 5.58. The van der Waals surface area contributed by atoms with Crippen molar-refractivity contribution in [2.75, 3.05) is 26.8 Å². The molecule has 0 bridgehead atoms. The highest BCUT2D eigenvalue weighted by Crippen LogP contribution is 2.16. The van der Waals surface area contributed by atoms with Gasteiger partial charge in [-0.15, -0.1) is 12.4 Å². The lowest BCUT2D eigenvalue weighted by molar-refractivity contribution is 0.311. The van der Waals surface area contributed by atoms with E-state index in [0.717, 1.165) is 24.6 Å². The second-order valence-electron chi connectivity index (χ2n) is 4.51. The van der Waals surface area contributed by atoms with Crippen molar-refractivity contribution in [1.82, 2.24) is 5.32 Å². The molecule has 0 spiro atoms. The lowest BCUT2D eigenvalue weighted by Gasteiger charge is -2.17. The average Bonchev–Trinajstić information content (AvgIpc) is 2.28. The normalized spacial score (nSPS) is 10.7. The van der Waals surface area contributed by atoms with Crippen LogP contribution in [0.25, 0.3) is 0 Å². The fourth-order valence-electron chi connectivity index (χ4n) is 1.31. The summed E-state index contributed by atoms with van der Waals surface area (Å²) in [5.74, 6) is 1.70. The van der Waals surface area contributed by atoms with Crippen LogP contribution in [0.1, 0.15) is 13.8 Å². The first-order chi connectivity index (χ1) is 8.01. The van der Waals surface area contributed by atoms with E-state index in [1.54, 1.807) is 7.11 Å². The smallest absolute Gasteiger partial charge is 0.119 e. The van der Waals surface area contributed by atoms with Gasteiger partial charge in [-0.2, -0.15) is 12.6 Å². The number of benzene rings is 1. The van der Waals surface area contributed by atoms with E-state index in [1.165, 1.54) is 0 Å². The molecule has 0 aromatic heterocycles. The van der Waals surface area contributed by atoms with Crippen LogP contribution in [0.4, 0.5) is 0 Å². The highest BCUT2D eigenvalue weighted by Gasteiger charge is 2.09. The minimum Gasteiger partial charge on any atom is -0.497 e. The van der Waals surface area contributed by atoms with Crippen molar-refractivity contribution in [3.63, 3.8) is 0 Å². The van der Waals surface area contributed by atoms with Gasteiger partial charge in [0.25, 0.3) is 0 Å². The third-order valence-corrected chi connectivity index (χ3v) is 2.32. The van der Waals surface area contributed by atoms with E-state index in [2.05, 4.69) is 31.8 Å². The number of ether oxygens (including phenoxy) is 2. The van der Waals surface area contributed by atoms with Crippen molar-refractivity contribution < 1.29 is 9.47 Å². The molecule has 0 heterocycles. The third kappa shape index (κ3) is 7.69. The fraction of sp³-hybridized carbons (Fsp3) is 0.538. The zero-order valence-electron chi connectivity index (χ0n) is 11.1. The Labute approximate surface area is 121 Å². The van der Waals surface area contributed by atoms with Crippen molar-refractivity contribution in [2.24, 2.45) is 0 Å². The summed E-state index contributed by atoms with van der Waals surface area (Å²) in [6.45, 7) is 6.48. The van der Waals surface area contributed by atoms with Gasteiger partial charge >= 0.3 is 0 Å². The molecule has 0 aliphatic carbocycles. The first kappa shape index (κ1) is 17.4. The molecule has 0 aliphatic heterocycles. The monoisotopic (exact) mass is 291 g/mol. The van der Waals surface area contributed by atoms with Gasteiger partial charge in [0.1, 0.15) is 18.1 Å². The summed E-state index contributed by atoms with van der Waals surface area (Å²) >= 11 is 4.43. The molecule has 0 atom stereocenters. The van der Waals surface area contributed by atoms with Gasteiger partial charge in [0, 0.05) is 17.8 Å². The molecule has 1 N–H and O–H groups in total. The summed E-state index contributed by atoms with van der Waals surface area (Å²) < 4.78 is 10.7.